The molecule has 0 aromatic carbocycles. The number of halogens is 1. The van der Waals surface area contributed by atoms with Crippen LogP contribution in [0.25, 0.3) is 0 Å². The number of ketones is 1. The van der Waals surface area contributed by atoms with Crippen molar-refractivity contribution in [1.29, 1.82) is 0 Å². The lowest BCUT2D eigenvalue weighted by molar-refractivity contribution is -0.0734. The predicted molar refractivity (Wildman–Crippen MR) is 68.0 cm³/mol. The first kappa shape index (κ1) is 11.7. The Bertz CT molecular complexity index is 473. The summed E-state index contributed by atoms with van der Waals surface area (Å²) < 4.78 is 6.57. The van der Waals surface area contributed by atoms with Gasteiger partial charge in [0, 0.05) is 16.5 Å². The molecule has 1 aromatic heterocycles. The molecule has 0 aliphatic carbocycles. The van der Waals surface area contributed by atoms with Crippen LogP contribution in [0.3, 0.4) is 0 Å². The van der Waals surface area contributed by atoms with E-state index >= 15 is 0 Å². The van der Waals surface area contributed by atoms with Gasteiger partial charge >= 0.3 is 0 Å². The third-order valence-electron chi connectivity index (χ3n) is 3.55. The molecule has 3 heterocycles. The van der Waals surface area contributed by atoms with Gasteiger partial charge in [0.15, 0.2) is 5.78 Å². The summed E-state index contributed by atoms with van der Waals surface area (Å²) in [6.07, 6.45) is 1.82. The van der Waals surface area contributed by atoms with E-state index in [4.69, 9.17) is 16.3 Å². The Morgan fingerprint density at radius 1 is 1.65 bits per heavy atom. The van der Waals surface area contributed by atoms with Crippen molar-refractivity contribution in [2.24, 2.45) is 0 Å². The van der Waals surface area contributed by atoms with E-state index in [2.05, 4.69) is 12.2 Å². The van der Waals surface area contributed by atoms with Gasteiger partial charge in [0.1, 0.15) is 12.2 Å². The summed E-state index contributed by atoms with van der Waals surface area (Å²) in [5.41, 5.74) is 0.492. The molecule has 1 aromatic rings. The first-order chi connectivity index (χ1) is 8.11. The van der Waals surface area contributed by atoms with E-state index in [-0.39, 0.29) is 18.0 Å². The minimum Gasteiger partial charge on any atom is -0.361 e. The second-order valence-corrected chi connectivity index (χ2v) is 6.49. The first-order valence-electron chi connectivity index (χ1n) is 5.81. The summed E-state index contributed by atoms with van der Waals surface area (Å²) in [4.78, 5) is 12.8. The van der Waals surface area contributed by atoms with E-state index in [1.165, 1.54) is 11.3 Å². The lowest BCUT2D eigenvalue weighted by Gasteiger charge is -2.42. The van der Waals surface area contributed by atoms with E-state index in [0.29, 0.717) is 10.4 Å². The molecule has 2 atom stereocenters. The van der Waals surface area contributed by atoms with Crippen LogP contribution in [0.4, 0.5) is 0 Å². The number of fused-ring (bicyclic) bond motifs is 2. The summed E-state index contributed by atoms with van der Waals surface area (Å²) in [5.74, 6) is 0.0555. The van der Waals surface area contributed by atoms with Gasteiger partial charge in [-0.1, -0.05) is 11.6 Å². The van der Waals surface area contributed by atoms with Gasteiger partial charge in [-0.2, -0.15) is 0 Å². The highest BCUT2D eigenvalue weighted by Crippen LogP contribution is 2.46. The number of carbonyl (C=O) groups is 1. The molecule has 0 unspecified atom stereocenters. The van der Waals surface area contributed by atoms with Gasteiger partial charge in [-0.15, -0.1) is 11.3 Å². The molecule has 3 nitrogen and oxygen atoms in total. The van der Waals surface area contributed by atoms with Crippen molar-refractivity contribution in [2.75, 3.05) is 13.2 Å². The number of hydrogen-bond donors (Lipinski definition) is 1. The summed E-state index contributed by atoms with van der Waals surface area (Å²) in [6, 6.07) is 2.20. The van der Waals surface area contributed by atoms with Crippen LogP contribution in [0, 0.1) is 0 Å². The molecule has 5 heteroatoms. The highest BCUT2D eigenvalue weighted by atomic mass is 35.5. The Balaban J connectivity index is 2.07. The molecule has 0 saturated carbocycles. The number of ether oxygens (including phenoxy) is 1. The lowest BCUT2D eigenvalue weighted by Crippen LogP contribution is -2.49. The third-order valence-corrected chi connectivity index (χ3v) is 5.00. The molecule has 17 heavy (non-hydrogen) atoms. The van der Waals surface area contributed by atoms with Crippen LogP contribution in [-0.2, 0) is 10.3 Å². The summed E-state index contributed by atoms with van der Waals surface area (Å²) in [6.45, 7) is 3.26. The molecule has 1 saturated heterocycles. The SMILES string of the molecule is C[C@H]1C[C@@]2(CCN1)OCC(=O)c1cc(Cl)sc12. The fraction of sp³-hybridized carbons (Fsp3) is 0.583. The van der Waals surface area contributed by atoms with E-state index in [0.717, 1.165) is 29.8 Å². The standard InChI is InChI=1S/C12H14ClNO2S/c1-7-5-12(2-3-14-7)11-8(4-10(13)17-11)9(15)6-16-12/h4,7,14H,2-3,5-6H2,1H3/t7-,12+/m0/s1. The number of piperidine rings is 1. The Labute approximate surface area is 109 Å². The molecular formula is C12H14ClNO2S. The van der Waals surface area contributed by atoms with Crippen LogP contribution < -0.4 is 5.32 Å². The summed E-state index contributed by atoms with van der Waals surface area (Å²) >= 11 is 7.54. The summed E-state index contributed by atoms with van der Waals surface area (Å²) in [7, 11) is 0. The zero-order chi connectivity index (χ0) is 12.0. The van der Waals surface area contributed by atoms with E-state index in [1.54, 1.807) is 6.07 Å². The second kappa shape index (κ2) is 4.05. The van der Waals surface area contributed by atoms with E-state index < -0.39 is 0 Å². The van der Waals surface area contributed by atoms with Gasteiger partial charge < -0.3 is 10.1 Å². The molecule has 0 amide bonds. The number of hydrogen-bond acceptors (Lipinski definition) is 4. The van der Waals surface area contributed by atoms with Crippen molar-refractivity contribution < 1.29 is 9.53 Å². The fourth-order valence-corrected chi connectivity index (χ4v) is 4.21. The van der Waals surface area contributed by atoms with Crippen LogP contribution in [0.5, 0.6) is 0 Å². The minimum atomic E-state index is -0.286. The Morgan fingerprint density at radius 3 is 3.24 bits per heavy atom. The number of Topliss-reactive ketones (excluding diaryl/α,β-unsaturated/α-hetero) is 1. The van der Waals surface area contributed by atoms with Crippen LogP contribution in [0.15, 0.2) is 6.07 Å². The van der Waals surface area contributed by atoms with E-state index in [9.17, 15) is 4.79 Å². The number of thiophene rings is 1. The van der Waals surface area contributed by atoms with Crippen LogP contribution >= 0.6 is 22.9 Å². The highest BCUT2D eigenvalue weighted by Gasteiger charge is 2.44. The van der Waals surface area contributed by atoms with Gasteiger partial charge in [0.2, 0.25) is 0 Å². The Kier molecular flexibility index (Phi) is 2.78. The van der Waals surface area contributed by atoms with Crippen molar-refractivity contribution in [3.8, 4) is 0 Å². The number of nitrogens with one attached hydrogen (secondary N) is 1. The lowest BCUT2D eigenvalue weighted by atomic mass is 9.83. The Hall–Kier alpha value is -0.420. The van der Waals surface area contributed by atoms with Crippen LogP contribution in [0.1, 0.15) is 35.0 Å². The molecule has 1 fully saturated rings. The Morgan fingerprint density at radius 2 is 2.47 bits per heavy atom. The zero-order valence-electron chi connectivity index (χ0n) is 9.59. The smallest absolute Gasteiger partial charge is 0.189 e. The second-order valence-electron chi connectivity index (χ2n) is 4.81. The molecule has 1 N–H and O–H groups in total. The third kappa shape index (κ3) is 1.83. The summed E-state index contributed by atoms with van der Waals surface area (Å²) in [5, 5.41) is 3.41. The molecule has 3 rings (SSSR count). The van der Waals surface area contributed by atoms with Crippen LogP contribution in [0.2, 0.25) is 4.34 Å². The largest absolute Gasteiger partial charge is 0.361 e. The molecule has 0 bridgehead atoms. The topological polar surface area (TPSA) is 38.3 Å². The average Bonchev–Trinajstić information content (AvgIpc) is 2.68. The van der Waals surface area contributed by atoms with Crippen molar-refractivity contribution >= 4 is 28.7 Å². The quantitative estimate of drug-likeness (QED) is 0.788. The average molecular weight is 272 g/mol. The maximum atomic E-state index is 11.8. The van der Waals surface area contributed by atoms with Gasteiger partial charge in [0.05, 0.1) is 4.34 Å². The first-order valence-corrected chi connectivity index (χ1v) is 7.00. The maximum Gasteiger partial charge on any atom is 0.189 e. The van der Waals surface area contributed by atoms with Crippen molar-refractivity contribution in [1.82, 2.24) is 5.32 Å². The fourth-order valence-electron chi connectivity index (χ4n) is 2.78. The zero-order valence-corrected chi connectivity index (χ0v) is 11.2. The predicted octanol–water partition coefficient (Wildman–Crippen LogP) is 2.58. The molecule has 92 valence electrons. The van der Waals surface area contributed by atoms with Gasteiger partial charge in [-0.25, -0.2) is 0 Å². The monoisotopic (exact) mass is 271 g/mol. The van der Waals surface area contributed by atoms with Crippen molar-refractivity contribution in [2.45, 2.75) is 31.4 Å². The molecule has 2 aliphatic rings. The van der Waals surface area contributed by atoms with E-state index in [1.807, 2.05) is 0 Å². The normalized spacial score (nSPS) is 32.8. The van der Waals surface area contributed by atoms with Gasteiger partial charge in [0.25, 0.3) is 0 Å². The highest BCUT2D eigenvalue weighted by molar-refractivity contribution is 7.16. The van der Waals surface area contributed by atoms with Crippen LogP contribution in [-0.4, -0.2) is 25.0 Å². The molecule has 1 spiro atoms. The van der Waals surface area contributed by atoms with Gasteiger partial charge in [-0.3, -0.25) is 4.79 Å². The van der Waals surface area contributed by atoms with Crippen molar-refractivity contribution in [3.05, 3.63) is 20.8 Å². The molecular weight excluding hydrogens is 258 g/mol. The number of rotatable bonds is 0. The maximum absolute atomic E-state index is 11.8. The number of carbonyl (C=O) groups excluding carboxylic acids is 1. The van der Waals surface area contributed by atoms with Gasteiger partial charge in [-0.05, 0) is 32.4 Å². The minimum absolute atomic E-state index is 0.0555. The van der Waals surface area contributed by atoms with Crippen molar-refractivity contribution in [3.63, 3.8) is 0 Å². The molecule has 2 aliphatic heterocycles. The molecule has 0 radical (unpaired) electrons.